The van der Waals surface area contributed by atoms with Gasteiger partial charge in [0.15, 0.2) is 5.41 Å². The number of nitrogens with two attached hydrogens (primary N) is 1. The van der Waals surface area contributed by atoms with Crippen molar-refractivity contribution in [2.75, 3.05) is 0 Å². The van der Waals surface area contributed by atoms with Crippen LogP contribution in [0, 0.1) is 5.41 Å². The molecule has 0 saturated carbocycles. The largest absolute Gasteiger partial charge is 0.486 e. The predicted octanol–water partition coefficient (Wildman–Crippen LogP) is 4.06. The molecule has 0 aliphatic carbocycles. The Balaban J connectivity index is 2.18. The highest BCUT2D eigenvalue weighted by Crippen LogP contribution is 2.31. The van der Waals surface area contributed by atoms with E-state index >= 15 is 0 Å². The molecule has 2 aromatic rings. The average Bonchev–Trinajstić information content (AvgIpc) is 2.73. The molecule has 0 bridgehead atoms. The Kier molecular flexibility index (Phi) is 8.22. The van der Waals surface area contributed by atoms with Crippen molar-refractivity contribution in [1.29, 1.82) is 0 Å². The topological polar surface area (TPSA) is 114 Å². The van der Waals surface area contributed by atoms with Gasteiger partial charge in [-0.3, -0.25) is 9.59 Å². The lowest BCUT2D eigenvalue weighted by Gasteiger charge is -2.29. The van der Waals surface area contributed by atoms with E-state index < -0.39 is 35.0 Å². The van der Waals surface area contributed by atoms with E-state index in [1.165, 1.54) is 13.8 Å². The number of rotatable bonds is 8. The van der Waals surface area contributed by atoms with E-state index in [1.807, 2.05) is 19.1 Å². The van der Waals surface area contributed by atoms with Crippen LogP contribution in [-0.4, -0.2) is 23.5 Å². The molecule has 0 heterocycles. The minimum atomic E-state index is -1.61. The molecule has 0 aliphatic heterocycles. The van der Waals surface area contributed by atoms with Gasteiger partial charge in [0.25, 0.3) is 0 Å². The highest BCUT2D eigenvalue weighted by Gasteiger charge is 2.46. The summed E-state index contributed by atoms with van der Waals surface area (Å²) in [5, 5.41) is 0. The van der Waals surface area contributed by atoms with E-state index in [0.29, 0.717) is 17.1 Å². The fraction of sp³-hybridized carbons (Fsp3) is 0.400. The number of benzene rings is 2. The molecule has 2 rings (SSSR count). The Morgan fingerprint density at radius 3 is 2.09 bits per heavy atom. The first-order valence-electron chi connectivity index (χ1n) is 10.5. The average molecular weight is 458 g/mol. The minimum absolute atomic E-state index is 0.0308. The lowest BCUT2D eigenvalue weighted by molar-refractivity contribution is -0.178. The first kappa shape index (κ1) is 25.9. The molecule has 0 amide bonds. The van der Waals surface area contributed by atoms with Crippen molar-refractivity contribution >= 4 is 17.9 Å². The van der Waals surface area contributed by atoms with E-state index in [-0.39, 0.29) is 6.42 Å². The van der Waals surface area contributed by atoms with Crippen LogP contribution in [0.5, 0.6) is 11.5 Å². The van der Waals surface area contributed by atoms with Crippen molar-refractivity contribution in [3.05, 3.63) is 59.7 Å². The van der Waals surface area contributed by atoms with Crippen molar-refractivity contribution in [1.82, 2.24) is 0 Å². The molecule has 2 aromatic carbocycles. The summed E-state index contributed by atoms with van der Waals surface area (Å²) in [5.41, 5.74) is -0.974. The lowest BCUT2D eigenvalue weighted by Crippen LogP contribution is -2.44. The minimum Gasteiger partial charge on any atom is -0.486 e. The number of carbonyl (C=O) groups is 3. The summed E-state index contributed by atoms with van der Waals surface area (Å²) in [5.74, 6) is 4.06. The molecular formula is C25H31NO7. The second kappa shape index (κ2) is 10.5. The summed E-state index contributed by atoms with van der Waals surface area (Å²) in [7, 11) is 0. The molecule has 2 N–H and O–H groups in total. The summed E-state index contributed by atoms with van der Waals surface area (Å²) in [6.45, 7) is 9.76. The van der Waals surface area contributed by atoms with E-state index in [0.717, 1.165) is 5.56 Å². The van der Waals surface area contributed by atoms with E-state index in [4.69, 9.17) is 20.1 Å². The maximum absolute atomic E-state index is 12.7. The SMILES string of the molecule is CC(=O)Oc1ccccc1C(C)Oc1ccc(CC(C)(C(=O)ON)C(=O)OC(C)(C)C)cc1. The first-order chi connectivity index (χ1) is 15.4. The van der Waals surface area contributed by atoms with Crippen molar-refractivity contribution < 1.29 is 33.4 Å². The lowest BCUT2D eigenvalue weighted by atomic mass is 9.83. The van der Waals surface area contributed by atoms with Crippen LogP contribution in [0.3, 0.4) is 0 Å². The molecule has 33 heavy (non-hydrogen) atoms. The fourth-order valence-electron chi connectivity index (χ4n) is 3.17. The second-order valence-corrected chi connectivity index (χ2v) is 8.95. The molecule has 0 aliphatic rings. The van der Waals surface area contributed by atoms with Gasteiger partial charge < -0.3 is 19.0 Å². The third-order valence-electron chi connectivity index (χ3n) is 4.81. The number of carbonyl (C=O) groups excluding carboxylic acids is 3. The third-order valence-corrected chi connectivity index (χ3v) is 4.81. The van der Waals surface area contributed by atoms with Gasteiger partial charge in [-0.25, -0.2) is 4.79 Å². The van der Waals surface area contributed by atoms with Crippen LogP contribution in [0.2, 0.25) is 0 Å². The number of para-hydroxylation sites is 1. The van der Waals surface area contributed by atoms with E-state index in [9.17, 15) is 14.4 Å². The van der Waals surface area contributed by atoms with Crippen LogP contribution in [0.4, 0.5) is 0 Å². The highest BCUT2D eigenvalue weighted by atomic mass is 16.7. The Morgan fingerprint density at radius 1 is 0.939 bits per heavy atom. The van der Waals surface area contributed by atoms with Gasteiger partial charge in [0.1, 0.15) is 23.2 Å². The van der Waals surface area contributed by atoms with Crippen LogP contribution < -0.4 is 15.4 Å². The first-order valence-corrected chi connectivity index (χ1v) is 10.5. The smallest absolute Gasteiger partial charge is 0.341 e. The van der Waals surface area contributed by atoms with Gasteiger partial charge in [-0.1, -0.05) is 30.3 Å². The second-order valence-electron chi connectivity index (χ2n) is 8.95. The van der Waals surface area contributed by atoms with Crippen LogP contribution in [0.1, 0.15) is 58.8 Å². The zero-order chi connectivity index (χ0) is 24.8. The summed E-state index contributed by atoms with van der Waals surface area (Å²) in [6, 6.07) is 14.1. The Bertz CT molecular complexity index is 995. The summed E-state index contributed by atoms with van der Waals surface area (Å²) in [6.07, 6.45) is -0.367. The van der Waals surface area contributed by atoms with Gasteiger partial charge in [0.2, 0.25) is 0 Å². The number of ether oxygens (including phenoxy) is 3. The number of esters is 2. The van der Waals surface area contributed by atoms with Gasteiger partial charge in [-0.15, -0.1) is 0 Å². The van der Waals surface area contributed by atoms with Crippen molar-refractivity contribution in [3.8, 4) is 11.5 Å². The van der Waals surface area contributed by atoms with Gasteiger partial charge >= 0.3 is 17.9 Å². The Morgan fingerprint density at radius 2 is 1.55 bits per heavy atom. The molecular weight excluding hydrogens is 426 g/mol. The van der Waals surface area contributed by atoms with E-state index in [1.54, 1.807) is 57.2 Å². The molecule has 8 heteroatoms. The van der Waals surface area contributed by atoms with Crippen LogP contribution >= 0.6 is 0 Å². The van der Waals surface area contributed by atoms with Crippen LogP contribution in [0.15, 0.2) is 48.5 Å². The highest BCUT2D eigenvalue weighted by molar-refractivity contribution is 6.00. The number of hydrogen-bond acceptors (Lipinski definition) is 8. The summed E-state index contributed by atoms with van der Waals surface area (Å²) >= 11 is 0. The molecule has 178 valence electrons. The fourth-order valence-corrected chi connectivity index (χ4v) is 3.17. The van der Waals surface area contributed by atoms with Crippen LogP contribution in [-0.2, 0) is 30.4 Å². The molecule has 2 unspecified atom stereocenters. The zero-order valence-electron chi connectivity index (χ0n) is 19.8. The van der Waals surface area contributed by atoms with Gasteiger partial charge in [0, 0.05) is 12.5 Å². The zero-order valence-corrected chi connectivity index (χ0v) is 19.8. The molecule has 0 radical (unpaired) electrons. The Hall–Kier alpha value is -3.39. The van der Waals surface area contributed by atoms with Crippen molar-refractivity contribution in [3.63, 3.8) is 0 Å². The van der Waals surface area contributed by atoms with E-state index in [2.05, 4.69) is 4.84 Å². The van der Waals surface area contributed by atoms with Gasteiger partial charge in [0.05, 0.1) is 0 Å². The van der Waals surface area contributed by atoms with Gasteiger partial charge in [-0.05, 0) is 64.8 Å². The molecule has 0 fully saturated rings. The molecule has 0 saturated heterocycles. The summed E-state index contributed by atoms with van der Waals surface area (Å²) in [4.78, 5) is 40.8. The van der Waals surface area contributed by atoms with Crippen molar-refractivity contribution in [2.45, 2.75) is 59.7 Å². The normalized spacial score (nSPS) is 13.9. The Labute approximate surface area is 193 Å². The predicted molar refractivity (Wildman–Crippen MR) is 121 cm³/mol. The molecule has 8 nitrogen and oxygen atoms in total. The molecule has 0 aromatic heterocycles. The van der Waals surface area contributed by atoms with Crippen molar-refractivity contribution in [2.24, 2.45) is 11.3 Å². The maximum atomic E-state index is 12.7. The standard InChI is InChI=1S/C25H31NO7/c1-16(20-9-7-8-10-21(20)31-17(2)27)30-19-13-11-18(12-14-19)15-25(6,23(29)33-26)22(28)32-24(3,4)5/h7-14,16H,15,26H2,1-6H3. The van der Waals surface area contributed by atoms with Gasteiger partial charge in [-0.2, -0.15) is 5.90 Å². The monoisotopic (exact) mass is 457 g/mol. The van der Waals surface area contributed by atoms with Crippen LogP contribution in [0.25, 0.3) is 0 Å². The maximum Gasteiger partial charge on any atom is 0.341 e. The number of hydrogen-bond donors (Lipinski definition) is 1. The summed E-state index contributed by atoms with van der Waals surface area (Å²) < 4.78 is 16.7. The molecule has 0 spiro atoms. The molecule has 2 atom stereocenters. The third kappa shape index (κ3) is 7.05. The quantitative estimate of drug-likeness (QED) is 0.273.